The highest BCUT2D eigenvalue weighted by molar-refractivity contribution is 6.31. The molecule has 2 atom stereocenters. The molecule has 0 unspecified atom stereocenters. The highest BCUT2D eigenvalue weighted by Crippen LogP contribution is 2.57. The summed E-state index contributed by atoms with van der Waals surface area (Å²) in [5.41, 5.74) is -2.24. The first kappa shape index (κ1) is 28.5. The van der Waals surface area contributed by atoms with Gasteiger partial charge in [0.05, 0.1) is 35.7 Å². The van der Waals surface area contributed by atoms with Crippen LogP contribution >= 0.6 is 23.2 Å². The van der Waals surface area contributed by atoms with Gasteiger partial charge in [-0.25, -0.2) is 18.6 Å². The molecule has 1 aromatic heterocycles. The highest BCUT2D eigenvalue weighted by atomic mass is 35.5. The Morgan fingerprint density at radius 2 is 1.93 bits per heavy atom. The number of aromatic carboxylic acids is 1. The number of pyridine rings is 1. The van der Waals surface area contributed by atoms with Crippen LogP contribution in [0.4, 0.5) is 14.5 Å². The lowest BCUT2D eigenvalue weighted by Crippen LogP contribution is -2.47. The third kappa shape index (κ3) is 4.61. The molecule has 0 saturated carbocycles. The van der Waals surface area contributed by atoms with Gasteiger partial charge in [-0.15, -0.1) is 0 Å². The first-order chi connectivity index (χ1) is 19.3. The summed E-state index contributed by atoms with van der Waals surface area (Å²) in [7, 11) is 0. The van der Waals surface area contributed by atoms with Gasteiger partial charge in [0.2, 0.25) is 0 Å². The zero-order valence-electron chi connectivity index (χ0n) is 22.3. The van der Waals surface area contributed by atoms with Crippen molar-refractivity contribution in [2.45, 2.75) is 38.6 Å². The average molecular weight is 597 g/mol. The lowest BCUT2D eigenvalue weighted by molar-refractivity contribution is -0.114. The maximum absolute atomic E-state index is 15.8. The van der Waals surface area contributed by atoms with Crippen LogP contribution < -0.4 is 4.90 Å². The van der Waals surface area contributed by atoms with Crippen molar-refractivity contribution in [2.24, 2.45) is 5.41 Å². The van der Waals surface area contributed by atoms with E-state index >= 15 is 8.78 Å². The Hall–Kier alpha value is -4.00. The molecule has 0 bridgehead atoms. The molecule has 210 valence electrons. The normalized spacial score (nSPS) is 20.4. The van der Waals surface area contributed by atoms with Gasteiger partial charge in [-0.2, -0.15) is 5.26 Å². The van der Waals surface area contributed by atoms with Gasteiger partial charge in [-0.05, 0) is 42.2 Å². The number of carbonyl (C=O) groups excluding carboxylic acids is 1. The maximum atomic E-state index is 15.8. The van der Waals surface area contributed by atoms with E-state index in [-0.39, 0.29) is 44.8 Å². The predicted molar refractivity (Wildman–Crippen MR) is 150 cm³/mol. The summed E-state index contributed by atoms with van der Waals surface area (Å²) in [6.45, 7) is 5.80. The number of hydrogen-bond acceptors (Lipinski definition) is 5. The molecule has 2 aliphatic heterocycles. The second-order valence-electron chi connectivity index (χ2n) is 11.2. The molecule has 2 aromatic carbocycles. The molecule has 41 heavy (non-hydrogen) atoms. The van der Waals surface area contributed by atoms with Gasteiger partial charge in [-0.3, -0.25) is 9.69 Å². The number of carbonyl (C=O) groups is 2. The molecule has 1 fully saturated rings. The van der Waals surface area contributed by atoms with Gasteiger partial charge < -0.3 is 10.0 Å². The first-order valence-electron chi connectivity index (χ1n) is 12.6. The van der Waals surface area contributed by atoms with E-state index in [1.807, 2.05) is 20.8 Å². The smallest absolute Gasteiger partial charge is 0.354 e. The van der Waals surface area contributed by atoms with Crippen LogP contribution in [0.2, 0.25) is 10.0 Å². The number of benzene rings is 2. The van der Waals surface area contributed by atoms with Crippen LogP contribution in [-0.2, 0) is 10.2 Å². The fourth-order valence-corrected chi connectivity index (χ4v) is 6.03. The van der Waals surface area contributed by atoms with Crippen molar-refractivity contribution < 1.29 is 23.5 Å². The van der Waals surface area contributed by atoms with Crippen molar-refractivity contribution in [3.63, 3.8) is 0 Å². The molecule has 1 saturated heterocycles. The number of nitrogens with zero attached hydrogens (tertiary/aromatic N) is 4. The summed E-state index contributed by atoms with van der Waals surface area (Å²) < 4.78 is 31.6. The molecule has 3 aromatic rings. The minimum atomic E-state index is -1.82. The molecule has 0 aliphatic carbocycles. The molecule has 1 N–H and O–H groups in total. The van der Waals surface area contributed by atoms with E-state index in [1.165, 1.54) is 53.6 Å². The van der Waals surface area contributed by atoms with E-state index in [0.717, 1.165) is 6.07 Å². The first-order valence-corrected chi connectivity index (χ1v) is 13.4. The van der Waals surface area contributed by atoms with Gasteiger partial charge >= 0.3 is 5.97 Å². The van der Waals surface area contributed by atoms with E-state index in [2.05, 4.69) is 11.1 Å². The number of carboxylic acid groups (broad SMARTS) is 1. The SMILES string of the molecule is CC(C)(C)C[C@@H]1N2CN(c3ccc(C(=O)O)nc3)C(=O)C2=C(c2cccc(Cl)c2F)[C@@]1(C#N)c1ccc(Cl)cc1F. The Bertz CT molecular complexity index is 1660. The molecule has 3 heterocycles. The summed E-state index contributed by atoms with van der Waals surface area (Å²) in [5, 5.41) is 20.1. The van der Waals surface area contributed by atoms with Crippen LogP contribution in [0, 0.1) is 28.4 Å². The molecule has 5 rings (SSSR count). The van der Waals surface area contributed by atoms with Gasteiger partial charge in [0, 0.05) is 21.7 Å². The predicted octanol–water partition coefficient (Wildman–Crippen LogP) is 6.66. The van der Waals surface area contributed by atoms with E-state index < -0.39 is 40.4 Å². The van der Waals surface area contributed by atoms with Crippen molar-refractivity contribution in [1.82, 2.24) is 9.88 Å². The fraction of sp³-hybridized carbons (Fsp3) is 0.267. The Balaban J connectivity index is 1.83. The van der Waals surface area contributed by atoms with Crippen LogP contribution in [0.25, 0.3) is 5.57 Å². The van der Waals surface area contributed by atoms with Crippen molar-refractivity contribution in [2.75, 3.05) is 11.6 Å². The maximum Gasteiger partial charge on any atom is 0.354 e. The number of hydrogen-bond donors (Lipinski definition) is 1. The van der Waals surface area contributed by atoms with Crippen LogP contribution in [0.5, 0.6) is 0 Å². The van der Waals surface area contributed by atoms with Crippen molar-refractivity contribution in [3.8, 4) is 6.07 Å². The number of anilines is 1. The number of aromatic nitrogens is 1. The Kier molecular flexibility index (Phi) is 7.04. The largest absolute Gasteiger partial charge is 0.477 e. The summed E-state index contributed by atoms with van der Waals surface area (Å²) in [4.78, 5) is 32.5. The Labute approximate surface area is 245 Å². The molecule has 1 amide bonds. The van der Waals surface area contributed by atoms with Crippen molar-refractivity contribution >= 4 is 46.3 Å². The second-order valence-corrected chi connectivity index (χ2v) is 12.0. The lowest BCUT2D eigenvalue weighted by atomic mass is 9.65. The third-order valence-electron chi connectivity index (χ3n) is 7.37. The number of amides is 1. The highest BCUT2D eigenvalue weighted by Gasteiger charge is 2.61. The molecule has 7 nitrogen and oxygen atoms in total. The summed E-state index contributed by atoms with van der Waals surface area (Å²) in [5.74, 6) is -3.41. The van der Waals surface area contributed by atoms with Gasteiger partial charge in [0.25, 0.3) is 5.91 Å². The van der Waals surface area contributed by atoms with Crippen LogP contribution in [0.3, 0.4) is 0 Å². The van der Waals surface area contributed by atoms with Gasteiger partial charge in [-0.1, -0.05) is 62.2 Å². The second kappa shape index (κ2) is 10.1. The van der Waals surface area contributed by atoms with Crippen molar-refractivity contribution in [3.05, 3.63) is 98.9 Å². The van der Waals surface area contributed by atoms with E-state index in [4.69, 9.17) is 23.2 Å². The van der Waals surface area contributed by atoms with Crippen LogP contribution in [-0.4, -0.2) is 39.6 Å². The standard InChI is InChI=1S/C30H24Cl2F2N4O3/c1-29(2,3)12-23-30(14-35,19-9-7-16(31)11-21(19)33)24(18-5-4-6-20(32)25(18)34)26-27(39)37(15-38(23)26)17-8-10-22(28(40)41)36-13-17/h4-11,13,23H,12,15H2,1-3H3,(H,40,41)/t23-,30-/m0/s1. The number of fused-ring (bicyclic) bond motifs is 1. The van der Waals surface area contributed by atoms with Crippen molar-refractivity contribution in [1.29, 1.82) is 5.26 Å². The lowest BCUT2D eigenvalue weighted by Gasteiger charge is -2.40. The van der Waals surface area contributed by atoms with Gasteiger partial charge in [0.15, 0.2) is 0 Å². The monoisotopic (exact) mass is 596 g/mol. The number of halogens is 4. The third-order valence-corrected chi connectivity index (χ3v) is 7.90. The van der Waals surface area contributed by atoms with E-state index in [0.29, 0.717) is 12.1 Å². The zero-order valence-corrected chi connectivity index (χ0v) is 23.8. The summed E-state index contributed by atoms with van der Waals surface area (Å²) >= 11 is 12.2. The molecule has 11 heteroatoms. The fourth-order valence-electron chi connectivity index (χ4n) is 5.70. The summed E-state index contributed by atoms with van der Waals surface area (Å²) in [6, 6.07) is 12.4. The molecular weight excluding hydrogens is 573 g/mol. The van der Waals surface area contributed by atoms with E-state index in [1.54, 1.807) is 4.90 Å². The van der Waals surface area contributed by atoms with E-state index in [9.17, 15) is 20.0 Å². The Morgan fingerprint density at radius 3 is 2.51 bits per heavy atom. The van der Waals surface area contributed by atoms with Crippen LogP contribution in [0.1, 0.15) is 48.8 Å². The minimum absolute atomic E-state index is 0.00177. The van der Waals surface area contributed by atoms with Crippen LogP contribution in [0.15, 0.2) is 60.4 Å². The number of carboxylic acids is 1. The van der Waals surface area contributed by atoms with Gasteiger partial charge in [0.1, 0.15) is 28.4 Å². The zero-order chi connectivity index (χ0) is 29.9. The topological polar surface area (TPSA) is 97.5 Å². The molecule has 2 aliphatic rings. The average Bonchev–Trinajstić information content (AvgIpc) is 3.37. The summed E-state index contributed by atoms with van der Waals surface area (Å²) in [6.07, 6.45) is 1.58. The quantitative estimate of drug-likeness (QED) is 0.353. The minimum Gasteiger partial charge on any atom is -0.477 e. The number of nitriles is 1. The Morgan fingerprint density at radius 1 is 1.20 bits per heavy atom. The number of rotatable bonds is 5. The molecule has 0 spiro atoms. The molecule has 0 radical (unpaired) electrons. The molecular formula is C30H24Cl2F2N4O3.